The van der Waals surface area contributed by atoms with Gasteiger partial charge in [-0.3, -0.25) is 9.78 Å². The van der Waals surface area contributed by atoms with Gasteiger partial charge in [-0.2, -0.15) is 0 Å². The lowest BCUT2D eigenvalue weighted by Crippen LogP contribution is -2.43. The summed E-state index contributed by atoms with van der Waals surface area (Å²) in [6.07, 6.45) is 3.38. The number of likely N-dealkylation sites (N-methyl/N-ethyl adjacent to an activating group) is 1. The minimum absolute atomic E-state index is 0.135. The monoisotopic (exact) mass is 402 g/mol. The maximum Gasteiger partial charge on any atom is 0.252 e. The number of hydrogen-bond donors (Lipinski definition) is 1. The van der Waals surface area contributed by atoms with Gasteiger partial charge in [-0.1, -0.05) is 66.7 Å². The summed E-state index contributed by atoms with van der Waals surface area (Å²) in [5.74, 6) is 0.591. The summed E-state index contributed by atoms with van der Waals surface area (Å²) in [5.41, 5.74) is 3.05. The minimum Gasteiger partial charge on any atom is -0.337 e. The third-order valence-electron chi connectivity index (χ3n) is 5.13. The third-order valence-corrected chi connectivity index (χ3v) is 5.13. The Morgan fingerprint density at radius 1 is 1.03 bits per heavy atom. The first-order chi connectivity index (χ1) is 14.5. The lowest BCUT2D eigenvalue weighted by Gasteiger charge is -2.31. The van der Waals surface area contributed by atoms with Gasteiger partial charge in [0.2, 0.25) is 5.95 Å². The summed E-state index contributed by atoms with van der Waals surface area (Å²) in [7, 11) is 4.17. The molecule has 3 rings (SSSR count). The van der Waals surface area contributed by atoms with Gasteiger partial charge in [0.05, 0.1) is 5.69 Å². The first-order valence-electron chi connectivity index (χ1n) is 10.3. The molecule has 0 bridgehead atoms. The molecule has 5 nitrogen and oxygen atoms in total. The van der Waals surface area contributed by atoms with Crippen molar-refractivity contribution in [2.75, 3.05) is 32.1 Å². The van der Waals surface area contributed by atoms with Gasteiger partial charge in [-0.15, -0.1) is 6.58 Å². The minimum atomic E-state index is -0.135. The molecule has 1 aromatic heterocycles. The number of nitrogens with zero attached hydrogens (tertiary/aromatic N) is 3. The molecule has 0 aliphatic carbocycles. The first-order valence-corrected chi connectivity index (χ1v) is 10.3. The van der Waals surface area contributed by atoms with Gasteiger partial charge in [0, 0.05) is 31.6 Å². The van der Waals surface area contributed by atoms with Crippen LogP contribution >= 0.6 is 0 Å². The van der Waals surface area contributed by atoms with Crippen molar-refractivity contribution in [2.45, 2.75) is 18.9 Å². The van der Waals surface area contributed by atoms with E-state index in [1.807, 2.05) is 42.5 Å². The highest BCUT2D eigenvalue weighted by Crippen LogP contribution is 2.14. The SMILES string of the molecule is C=CCN(CC(Cc1ccccc1)N(C)C)c1nc(Cc2ccccc2)cc(=O)[nH]1. The zero-order valence-corrected chi connectivity index (χ0v) is 17.8. The van der Waals surface area contributed by atoms with Gasteiger partial charge in [-0.25, -0.2) is 4.98 Å². The number of aromatic nitrogens is 2. The molecule has 1 heterocycles. The lowest BCUT2D eigenvalue weighted by atomic mass is 10.0. The molecule has 2 aromatic carbocycles. The predicted octanol–water partition coefficient (Wildman–Crippen LogP) is 3.53. The molecule has 0 spiro atoms. The molecule has 0 saturated carbocycles. The van der Waals surface area contributed by atoms with E-state index in [1.165, 1.54) is 5.56 Å². The summed E-state index contributed by atoms with van der Waals surface area (Å²) in [4.78, 5) is 24.4. The maximum absolute atomic E-state index is 12.4. The van der Waals surface area contributed by atoms with E-state index >= 15 is 0 Å². The molecule has 30 heavy (non-hydrogen) atoms. The van der Waals surface area contributed by atoms with E-state index in [4.69, 9.17) is 4.98 Å². The van der Waals surface area contributed by atoms with Gasteiger partial charge in [0.1, 0.15) is 0 Å². The molecule has 156 valence electrons. The average molecular weight is 403 g/mol. The Labute approximate surface area is 178 Å². The Morgan fingerprint density at radius 3 is 2.27 bits per heavy atom. The van der Waals surface area contributed by atoms with Crippen LogP contribution in [0.2, 0.25) is 0 Å². The van der Waals surface area contributed by atoms with E-state index in [-0.39, 0.29) is 11.6 Å². The summed E-state index contributed by atoms with van der Waals surface area (Å²) < 4.78 is 0. The molecule has 1 N–H and O–H groups in total. The van der Waals surface area contributed by atoms with E-state index < -0.39 is 0 Å². The van der Waals surface area contributed by atoms with Gasteiger partial charge in [0.25, 0.3) is 5.56 Å². The Hall–Kier alpha value is -3.18. The number of aromatic amines is 1. The van der Waals surface area contributed by atoms with Gasteiger partial charge in [0.15, 0.2) is 0 Å². The fourth-order valence-corrected chi connectivity index (χ4v) is 3.49. The number of benzene rings is 2. The molecule has 0 saturated heterocycles. The summed E-state index contributed by atoms with van der Waals surface area (Å²) >= 11 is 0. The maximum atomic E-state index is 12.4. The van der Waals surface area contributed by atoms with Crippen LogP contribution in [0.3, 0.4) is 0 Å². The molecule has 0 amide bonds. The Morgan fingerprint density at radius 2 is 1.67 bits per heavy atom. The van der Waals surface area contributed by atoms with Crippen molar-refractivity contribution in [1.29, 1.82) is 0 Å². The van der Waals surface area contributed by atoms with Gasteiger partial charge in [-0.05, 0) is 31.6 Å². The van der Waals surface area contributed by atoms with Gasteiger partial charge >= 0.3 is 0 Å². The number of nitrogens with one attached hydrogen (secondary N) is 1. The standard InChI is InChI=1S/C25H30N4O/c1-4-15-29(19-23(28(2)3)17-21-13-9-6-10-14-21)25-26-22(18-24(30)27-25)16-20-11-7-5-8-12-20/h4-14,18,23H,1,15-17,19H2,2-3H3,(H,26,27,30). The van der Waals surface area contributed by atoms with Crippen molar-refractivity contribution in [3.63, 3.8) is 0 Å². The first kappa shape index (κ1) is 21.5. The molecular weight excluding hydrogens is 372 g/mol. The van der Waals surface area contributed by atoms with E-state index in [0.29, 0.717) is 18.9 Å². The second-order valence-corrected chi connectivity index (χ2v) is 7.72. The van der Waals surface area contributed by atoms with Crippen LogP contribution < -0.4 is 10.5 Å². The van der Waals surface area contributed by atoms with Crippen LogP contribution in [0, 0.1) is 0 Å². The second kappa shape index (κ2) is 10.6. The lowest BCUT2D eigenvalue weighted by molar-refractivity contribution is 0.293. The number of hydrogen-bond acceptors (Lipinski definition) is 4. The van der Waals surface area contributed by atoms with Crippen molar-refractivity contribution < 1.29 is 0 Å². The van der Waals surface area contributed by atoms with Crippen LogP contribution in [0.1, 0.15) is 16.8 Å². The molecule has 0 radical (unpaired) electrons. The van der Waals surface area contributed by atoms with Crippen molar-refractivity contribution in [2.24, 2.45) is 0 Å². The molecule has 0 aliphatic rings. The van der Waals surface area contributed by atoms with E-state index in [1.54, 1.807) is 6.07 Å². The molecule has 0 aliphatic heterocycles. The van der Waals surface area contributed by atoms with Crippen molar-refractivity contribution in [1.82, 2.24) is 14.9 Å². The fourth-order valence-electron chi connectivity index (χ4n) is 3.49. The Bertz CT molecular complexity index is 983. The molecule has 1 atom stereocenters. The molecule has 5 heteroatoms. The highest BCUT2D eigenvalue weighted by atomic mass is 16.1. The zero-order chi connectivity index (χ0) is 21.3. The molecule has 3 aromatic rings. The highest BCUT2D eigenvalue weighted by Gasteiger charge is 2.19. The van der Waals surface area contributed by atoms with Gasteiger partial charge < -0.3 is 9.80 Å². The zero-order valence-electron chi connectivity index (χ0n) is 17.8. The summed E-state index contributed by atoms with van der Waals surface area (Å²) in [5, 5.41) is 0. The largest absolute Gasteiger partial charge is 0.337 e. The van der Waals surface area contributed by atoms with Crippen LogP contribution in [-0.2, 0) is 12.8 Å². The quantitative estimate of drug-likeness (QED) is 0.527. The van der Waals surface area contributed by atoms with Crippen LogP contribution in [0.4, 0.5) is 5.95 Å². The topological polar surface area (TPSA) is 52.2 Å². The van der Waals surface area contributed by atoms with Crippen LogP contribution in [-0.4, -0.2) is 48.1 Å². The summed E-state index contributed by atoms with van der Waals surface area (Å²) in [6.45, 7) is 5.24. The summed E-state index contributed by atoms with van der Waals surface area (Å²) in [6, 6.07) is 22.4. The van der Waals surface area contributed by atoms with Crippen LogP contribution in [0.25, 0.3) is 0 Å². The molecule has 1 unspecified atom stereocenters. The predicted molar refractivity (Wildman–Crippen MR) is 124 cm³/mol. The molecule has 0 fully saturated rings. The number of H-pyrrole nitrogens is 1. The smallest absolute Gasteiger partial charge is 0.252 e. The third kappa shape index (κ3) is 6.16. The normalized spacial score (nSPS) is 12.0. The fraction of sp³-hybridized carbons (Fsp3) is 0.280. The number of anilines is 1. The van der Waals surface area contributed by atoms with E-state index in [9.17, 15) is 4.79 Å². The Balaban J connectivity index is 1.83. The second-order valence-electron chi connectivity index (χ2n) is 7.72. The highest BCUT2D eigenvalue weighted by molar-refractivity contribution is 5.34. The van der Waals surface area contributed by atoms with Crippen molar-refractivity contribution >= 4 is 5.95 Å². The van der Waals surface area contributed by atoms with Crippen molar-refractivity contribution in [3.05, 3.63) is 107 Å². The van der Waals surface area contributed by atoms with E-state index in [2.05, 4.69) is 59.7 Å². The Kier molecular flexibility index (Phi) is 7.57. The number of rotatable bonds is 10. The van der Waals surface area contributed by atoms with Crippen molar-refractivity contribution in [3.8, 4) is 0 Å². The van der Waals surface area contributed by atoms with Crippen LogP contribution in [0.5, 0.6) is 0 Å². The van der Waals surface area contributed by atoms with E-state index in [0.717, 1.165) is 24.2 Å². The average Bonchev–Trinajstić information content (AvgIpc) is 2.73. The van der Waals surface area contributed by atoms with Crippen LogP contribution in [0.15, 0.2) is 84.2 Å². The molecular formula is C25H30N4O.